The number of rotatable bonds is 12. The average molecular weight is 482 g/mol. The minimum Gasteiger partial charge on any atom is -0.457 e. The first-order valence-corrected chi connectivity index (χ1v) is 12.7. The van der Waals surface area contributed by atoms with Gasteiger partial charge < -0.3 is 20.9 Å². The quantitative estimate of drug-likeness (QED) is 0.134. The highest BCUT2D eigenvalue weighted by Gasteiger charge is 2.13. The van der Waals surface area contributed by atoms with Crippen LogP contribution in [0.3, 0.4) is 0 Å². The molecule has 0 unspecified atom stereocenters. The van der Waals surface area contributed by atoms with Crippen molar-refractivity contribution in [3.05, 3.63) is 60.2 Å². The number of nitrogen functional groups attached to an aromatic ring is 1. The summed E-state index contributed by atoms with van der Waals surface area (Å²) >= 11 is 2.95. The van der Waals surface area contributed by atoms with Crippen LogP contribution in [-0.2, 0) is 5.75 Å². The van der Waals surface area contributed by atoms with Crippen molar-refractivity contribution >= 4 is 44.4 Å². The second kappa shape index (κ2) is 11.8. The topological polar surface area (TPSA) is 106 Å². The van der Waals surface area contributed by atoms with E-state index in [4.69, 9.17) is 20.6 Å². The molecule has 0 aliphatic carbocycles. The Morgan fingerprint density at radius 3 is 2.61 bits per heavy atom. The summed E-state index contributed by atoms with van der Waals surface area (Å²) in [4.78, 5) is 13.7. The van der Waals surface area contributed by atoms with Gasteiger partial charge in [-0.2, -0.15) is 0 Å². The lowest BCUT2D eigenvalue weighted by Crippen LogP contribution is -2.05. The molecular formula is C24H27N5O2S2. The van der Waals surface area contributed by atoms with Crippen molar-refractivity contribution in [3.8, 4) is 11.5 Å². The first-order chi connectivity index (χ1) is 16.2. The molecule has 2 heterocycles. The fourth-order valence-electron chi connectivity index (χ4n) is 3.27. The van der Waals surface area contributed by atoms with E-state index in [9.17, 15) is 0 Å². The molecule has 7 nitrogen and oxygen atoms in total. The van der Waals surface area contributed by atoms with E-state index in [0.717, 1.165) is 59.8 Å². The summed E-state index contributed by atoms with van der Waals surface area (Å²) in [6, 6.07) is 17.8. The molecule has 0 aliphatic heterocycles. The predicted molar refractivity (Wildman–Crippen MR) is 136 cm³/mol. The molecule has 0 bridgehead atoms. The van der Waals surface area contributed by atoms with Crippen LogP contribution in [0, 0.1) is 0 Å². The van der Waals surface area contributed by atoms with Crippen molar-refractivity contribution in [2.45, 2.75) is 36.6 Å². The molecule has 33 heavy (non-hydrogen) atoms. The zero-order valence-electron chi connectivity index (χ0n) is 18.2. The standard InChI is InChI=1S/C24H27N5O2S2/c25-23-27-22-20(33-23)21(26-13-6-1-2-7-14-30)28-24(29-22)32-16-17-9-8-12-19(15-17)31-18-10-4-3-5-11-18/h3-5,8-12,15,30H,1-2,6-7,13-14,16H2,(H3,25,26,27,28,29). The highest BCUT2D eigenvalue weighted by atomic mass is 32.2. The van der Waals surface area contributed by atoms with E-state index in [0.29, 0.717) is 21.7 Å². The Hall–Kier alpha value is -2.88. The number of thioether (sulfide) groups is 1. The van der Waals surface area contributed by atoms with Crippen molar-refractivity contribution in [2.24, 2.45) is 0 Å². The van der Waals surface area contributed by atoms with Gasteiger partial charge in [0, 0.05) is 18.9 Å². The van der Waals surface area contributed by atoms with Gasteiger partial charge in [-0.25, -0.2) is 15.0 Å². The Balaban J connectivity index is 1.41. The van der Waals surface area contributed by atoms with Crippen LogP contribution in [0.25, 0.3) is 10.3 Å². The zero-order chi connectivity index (χ0) is 22.9. The maximum Gasteiger partial charge on any atom is 0.191 e. The summed E-state index contributed by atoms with van der Waals surface area (Å²) in [5.74, 6) is 3.09. The lowest BCUT2D eigenvalue weighted by Gasteiger charge is -2.09. The summed E-state index contributed by atoms with van der Waals surface area (Å²) in [5, 5.41) is 13.5. The number of aliphatic hydroxyl groups excluding tert-OH is 1. The third-order valence-electron chi connectivity index (χ3n) is 4.87. The average Bonchev–Trinajstić information content (AvgIpc) is 3.21. The van der Waals surface area contributed by atoms with E-state index in [1.54, 1.807) is 11.8 Å². The van der Waals surface area contributed by atoms with Gasteiger partial charge in [-0.15, -0.1) is 0 Å². The summed E-state index contributed by atoms with van der Waals surface area (Å²) in [5.41, 5.74) is 7.67. The number of aromatic nitrogens is 3. The van der Waals surface area contributed by atoms with E-state index >= 15 is 0 Å². The molecule has 0 aliphatic rings. The fraction of sp³-hybridized carbons (Fsp3) is 0.292. The number of thiazole rings is 1. The van der Waals surface area contributed by atoms with E-state index in [-0.39, 0.29) is 6.61 Å². The molecule has 2 aromatic carbocycles. The number of ether oxygens (including phenoxy) is 1. The highest BCUT2D eigenvalue weighted by Crippen LogP contribution is 2.32. The van der Waals surface area contributed by atoms with Crippen molar-refractivity contribution in [2.75, 3.05) is 24.2 Å². The maximum absolute atomic E-state index is 8.91. The molecule has 9 heteroatoms. The second-order valence-corrected chi connectivity index (χ2v) is 9.45. The summed E-state index contributed by atoms with van der Waals surface area (Å²) in [7, 11) is 0. The largest absolute Gasteiger partial charge is 0.457 e. The predicted octanol–water partition coefficient (Wildman–Crippen LogP) is 5.72. The normalized spacial score (nSPS) is 11.1. The molecule has 2 aromatic heterocycles. The Labute approximate surface area is 201 Å². The van der Waals surface area contributed by atoms with Gasteiger partial charge >= 0.3 is 0 Å². The van der Waals surface area contributed by atoms with E-state index in [1.165, 1.54) is 11.3 Å². The van der Waals surface area contributed by atoms with E-state index in [2.05, 4.69) is 21.4 Å². The summed E-state index contributed by atoms with van der Waals surface area (Å²) in [6.45, 7) is 1.06. The number of benzene rings is 2. The lowest BCUT2D eigenvalue weighted by molar-refractivity contribution is 0.283. The number of nitrogens with two attached hydrogens (primary N) is 1. The molecular weight excluding hydrogens is 454 g/mol. The van der Waals surface area contributed by atoms with Gasteiger partial charge in [0.25, 0.3) is 0 Å². The van der Waals surface area contributed by atoms with Crippen LogP contribution < -0.4 is 15.8 Å². The monoisotopic (exact) mass is 481 g/mol. The van der Waals surface area contributed by atoms with Gasteiger partial charge in [-0.3, -0.25) is 0 Å². The Bertz CT molecular complexity index is 1170. The van der Waals surface area contributed by atoms with Gasteiger partial charge in [0.05, 0.1) is 0 Å². The number of aliphatic hydroxyl groups is 1. The van der Waals surface area contributed by atoms with Gasteiger partial charge in [0.1, 0.15) is 16.2 Å². The molecule has 0 spiro atoms. The molecule has 4 N–H and O–H groups in total. The number of nitrogens with zero attached hydrogens (tertiary/aromatic N) is 3. The Morgan fingerprint density at radius 2 is 1.76 bits per heavy atom. The Morgan fingerprint density at radius 1 is 0.939 bits per heavy atom. The zero-order valence-corrected chi connectivity index (χ0v) is 19.9. The third-order valence-corrected chi connectivity index (χ3v) is 6.67. The number of nitrogens with one attached hydrogen (secondary N) is 1. The number of fused-ring (bicyclic) bond motifs is 1. The molecule has 0 amide bonds. The molecule has 0 saturated heterocycles. The number of unbranched alkanes of at least 4 members (excludes halogenated alkanes) is 3. The second-order valence-electron chi connectivity index (χ2n) is 7.48. The van der Waals surface area contributed by atoms with Crippen molar-refractivity contribution in [3.63, 3.8) is 0 Å². The van der Waals surface area contributed by atoms with Crippen molar-refractivity contribution < 1.29 is 9.84 Å². The summed E-state index contributed by atoms with van der Waals surface area (Å²) in [6.07, 6.45) is 3.95. The lowest BCUT2D eigenvalue weighted by atomic mass is 10.2. The SMILES string of the molecule is Nc1nc2nc(SCc3cccc(Oc4ccccc4)c3)nc(NCCCCCCO)c2s1. The Kier molecular flexibility index (Phi) is 8.35. The first kappa shape index (κ1) is 23.3. The number of anilines is 2. The number of hydrogen-bond acceptors (Lipinski definition) is 9. The first-order valence-electron chi connectivity index (χ1n) is 10.9. The van der Waals surface area contributed by atoms with Crippen LogP contribution in [0.4, 0.5) is 10.9 Å². The molecule has 4 aromatic rings. The third kappa shape index (κ3) is 6.80. The molecule has 0 radical (unpaired) electrons. The minimum atomic E-state index is 0.252. The van der Waals surface area contributed by atoms with Crippen LogP contribution in [0.15, 0.2) is 59.8 Å². The van der Waals surface area contributed by atoms with Gasteiger partial charge in [0.2, 0.25) is 0 Å². The highest BCUT2D eigenvalue weighted by molar-refractivity contribution is 7.98. The van der Waals surface area contributed by atoms with Crippen LogP contribution in [0.1, 0.15) is 31.2 Å². The minimum absolute atomic E-state index is 0.252. The van der Waals surface area contributed by atoms with Gasteiger partial charge in [0.15, 0.2) is 21.8 Å². The van der Waals surface area contributed by atoms with E-state index < -0.39 is 0 Å². The van der Waals surface area contributed by atoms with Gasteiger partial charge in [-0.1, -0.05) is 66.3 Å². The number of hydrogen-bond donors (Lipinski definition) is 3. The fourth-order valence-corrected chi connectivity index (χ4v) is 4.79. The van der Waals surface area contributed by atoms with Crippen molar-refractivity contribution in [1.29, 1.82) is 0 Å². The molecule has 0 saturated carbocycles. The van der Waals surface area contributed by atoms with Crippen LogP contribution >= 0.6 is 23.1 Å². The molecule has 0 atom stereocenters. The van der Waals surface area contributed by atoms with Crippen LogP contribution in [0.2, 0.25) is 0 Å². The van der Waals surface area contributed by atoms with Gasteiger partial charge in [-0.05, 0) is 42.7 Å². The van der Waals surface area contributed by atoms with Crippen LogP contribution in [0.5, 0.6) is 11.5 Å². The van der Waals surface area contributed by atoms with Crippen LogP contribution in [-0.4, -0.2) is 33.2 Å². The molecule has 4 rings (SSSR count). The summed E-state index contributed by atoms with van der Waals surface area (Å²) < 4.78 is 6.82. The number of para-hydroxylation sites is 1. The maximum atomic E-state index is 8.91. The molecule has 172 valence electrons. The molecule has 0 fully saturated rings. The van der Waals surface area contributed by atoms with Crippen molar-refractivity contribution in [1.82, 2.24) is 15.0 Å². The van der Waals surface area contributed by atoms with E-state index in [1.807, 2.05) is 48.5 Å². The smallest absolute Gasteiger partial charge is 0.191 e.